The maximum absolute atomic E-state index is 6.29. The zero-order valence-electron chi connectivity index (χ0n) is 11.0. The normalized spacial score (nSPS) is 25.7. The van der Waals surface area contributed by atoms with Crippen molar-refractivity contribution in [2.45, 2.75) is 44.3 Å². The van der Waals surface area contributed by atoms with Crippen LogP contribution >= 0.6 is 0 Å². The van der Waals surface area contributed by atoms with Crippen LogP contribution in [0.15, 0.2) is 36.4 Å². The second kappa shape index (κ2) is 4.44. The van der Waals surface area contributed by atoms with Gasteiger partial charge in [0.15, 0.2) is 11.5 Å². The maximum atomic E-state index is 6.29. The maximum Gasteiger partial charge on any atom is 0.169 e. The molecule has 98 valence electrons. The molecular formula is C17H18O2. The Kier molecular flexibility index (Phi) is 2.61. The average molecular weight is 254 g/mol. The first-order valence-electron chi connectivity index (χ1n) is 7.25. The molecular weight excluding hydrogens is 236 g/mol. The molecule has 4 rings (SSSR count). The van der Waals surface area contributed by atoms with Crippen molar-refractivity contribution < 1.29 is 9.47 Å². The number of rotatable bonds is 0. The van der Waals surface area contributed by atoms with E-state index in [9.17, 15) is 0 Å². The molecule has 2 atom stereocenters. The van der Waals surface area contributed by atoms with Gasteiger partial charge in [0.05, 0.1) is 12.2 Å². The zero-order chi connectivity index (χ0) is 12.7. The highest BCUT2D eigenvalue weighted by atomic mass is 16.5. The molecule has 0 radical (unpaired) electrons. The monoisotopic (exact) mass is 254 g/mol. The van der Waals surface area contributed by atoms with Crippen LogP contribution in [-0.4, -0.2) is 12.2 Å². The molecule has 2 nitrogen and oxygen atoms in total. The summed E-state index contributed by atoms with van der Waals surface area (Å²) in [7, 11) is 0. The van der Waals surface area contributed by atoms with Crippen LogP contribution in [0.25, 0.3) is 10.8 Å². The van der Waals surface area contributed by atoms with Gasteiger partial charge >= 0.3 is 0 Å². The van der Waals surface area contributed by atoms with Gasteiger partial charge in [-0.3, -0.25) is 0 Å². The number of hydrogen-bond acceptors (Lipinski definition) is 2. The quantitative estimate of drug-likeness (QED) is 0.697. The first-order valence-corrected chi connectivity index (χ1v) is 7.25. The van der Waals surface area contributed by atoms with E-state index in [1.807, 2.05) is 0 Å². The molecule has 1 saturated carbocycles. The predicted octanol–water partition coefficient (Wildman–Crippen LogP) is 4.31. The van der Waals surface area contributed by atoms with Crippen molar-refractivity contribution in [3.63, 3.8) is 0 Å². The van der Waals surface area contributed by atoms with Gasteiger partial charge in [-0.15, -0.1) is 0 Å². The summed E-state index contributed by atoms with van der Waals surface area (Å²) in [6, 6.07) is 12.6. The van der Waals surface area contributed by atoms with Gasteiger partial charge in [0.25, 0.3) is 0 Å². The van der Waals surface area contributed by atoms with E-state index >= 15 is 0 Å². The van der Waals surface area contributed by atoms with E-state index in [0.29, 0.717) is 12.2 Å². The van der Waals surface area contributed by atoms with E-state index < -0.39 is 0 Å². The molecule has 1 aliphatic carbocycles. The Balaban J connectivity index is 1.89. The molecule has 0 saturated heterocycles. The van der Waals surface area contributed by atoms with E-state index in [1.165, 1.54) is 17.2 Å². The third-order valence-electron chi connectivity index (χ3n) is 4.28. The van der Waals surface area contributed by atoms with Crippen LogP contribution in [0.5, 0.6) is 11.5 Å². The van der Waals surface area contributed by atoms with Crippen molar-refractivity contribution in [3.8, 4) is 11.5 Å². The molecule has 1 heterocycles. The fraction of sp³-hybridized carbons (Fsp3) is 0.412. The summed E-state index contributed by atoms with van der Waals surface area (Å²) >= 11 is 0. The molecule has 2 aliphatic rings. The molecule has 1 aliphatic heterocycles. The van der Waals surface area contributed by atoms with Crippen molar-refractivity contribution in [1.82, 2.24) is 0 Å². The van der Waals surface area contributed by atoms with Crippen molar-refractivity contribution in [2.24, 2.45) is 0 Å². The van der Waals surface area contributed by atoms with E-state index in [2.05, 4.69) is 36.4 Å². The largest absolute Gasteiger partial charge is 0.487 e. The summed E-state index contributed by atoms with van der Waals surface area (Å²) in [5.41, 5.74) is 0. The smallest absolute Gasteiger partial charge is 0.169 e. The van der Waals surface area contributed by atoms with Crippen LogP contribution in [0.4, 0.5) is 0 Å². The standard InChI is InChI=1S/C17H18O2/c1-2-7-15-12(4-1)8-11-16-17(15)19-14-6-3-5-13(18-16)9-10-14/h1-2,4,7-8,11,13-14H,3,5-6,9-10H2. The average Bonchev–Trinajstić information content (AvgIpc) is 2.60. The van der Waals surface area contributed by atoms with Gasteiger partial charge < -0.3 is 9.47 Å². The molecule has 2 aromatic carbocycles. The molecule has 2 unspecified atom stereocenters. The van der Waals surface area contributed by atoms with Crippen LogP contribution in [-0.2, 0) is 0 Å². The predicted molar refractivity (Wildman–Crippen MR) is 75.9 cm³/mol. The van der Waals surface area contributed by atoms with Crippen LogP contribution < -0.4 is 9.47 Å². The van der Waals surface area contributed by atoms with Crippen molar-refractivity contribution >= 4 is 10.8 Å². The molecule has 0 N–H and O–H groups in total. The first kappa shape index (κ1) is 11.2. The summed E-state index contributed by atoms with van der Waals surface area (Å²) in [4.78, 5) is 0. The fourth-order valence-corrected chi connectivity index (χ4v) is 3.25. The minimum Gasteiger partial charge on any atom is -0.487 e. The van der Waals surface area contributed by atoms with Gasteiger partial charge in [-0.25, -0.2) is 0 Å². The van der Waals surface area contributed by atoms with Crippen LogP contribution in [0, 0.1) is 0 Å². The lowest BCUT2D eigenvalue weighted by Crippen LogP contribution is -2.22. The Labute approximate surface area is 113 Å². The Morgan fingerprint density at radius 1 is 0.789 bits per heavy atom. The third kappa shape index (κ3) is 1.95. The van der Waals surface area contributed by atoms with Crippen LogP contribution in [0.2, 0.25) is 0 Å². The molecule has 0 aromatic heterocycles. The van der Waals surface area contributed by atoms with E-state index in [1.54, 1.807) is 0 Å². The van der Waals surface area contributed by atoms with E-state index in [0.717, 1.165) is 37.2 Å². The Hall–Kier alpha value is -1.70. The van der Waals surface area contributed by atoms with Crippen LogP contribution in [0.1, 0.15) is 32.1 Å². The lowest BCUT2D eigenvalue weighted by molar-refractivity contribution is 0.127. The number of fused-ring (bicyclic) bond motifs is 6. The minimum atomic E-state index is 0.360. The minimum absolute atomic E-state index is 0.360. The Bertz CT molecular complexity index is 605. The SMILES string of the molecule is c1ccc2c3c(ccc2c1)OC1CCCC(CC1)O3. The molecule has 0 spiro atoms. The van der Waals surface area contributed by atoms with Crippen LogP contribution in [0.3, 0.4) is 0 Å². The highest BCUT2D eigenvalue weighted by Gasteiger charge is 2.27. The Morgan fingerprint density at radius 2 is 1.58 bits per heavy atom. The Morgan fingerprint density at radius 3 is 2.47 bits per heavy atom. The first-order chi connectivity index (χ1) is 9.40. The highest BCUT2D eigenvalue weighted by molar-refractivity contribution is 5.90. The molecule has 2 heteroatoms. The fourth-order valence-electron chi connectivity index (χ4n) is 3.25. The molecule has 19 heavy (non-hydrogen) atoms. The number of hydrogen-bond donors (Lipinski definition) is 0. The van der Waals surface area contributed by atoms with Crippen molar-refractivity contribution in [1.29, 1.82) is 0 Å². The van der Waals surface area contributed by atoms with Gasteiger partial charge in [0, 0.05) is 5.39 Å². The summed E-state index contributed by atoms with van der Waals surface area (Å²) < 4.78 is 12.5. The van der Waals surface area contributed by atoms with Crippen molar-refractivity contribution in [2.75, 3.05) is 0 Å². The lowest BCUT2D eigenvalue weighted by Gasteiger charge is -2.25. The van der Waals surface area contributed by atoms with Gasteiger partial charge in [-0.1, -0.05) is 30.3 Å². The molecule has 0 amide bonds. The highest BCUT2D eigenvalue weighted by Crippen LogP contribution is 2.41. The topological polar surface area (TPSA) is 18.5 Å². The van der Waals surface area contributed by atoms with Gasteiger partial charge in [-0.05, 0) is 43.6 Å². The summed E-state index contributed by atoms with van der Waals surface area (Å²) in [5.74, 6) is 1.88. The summed E-state index contributed by atoms with van der Waals surface area (Å²) in [6.45, 7) is 0. The van der Waals surface area contributed by atoms with Gasteiger partial charge in [-0.2, -0.15) is 0 Å². The van der Waals surface area contributed by atoms with E-state index in [-0.39, 0.29) is 0 Å². The second-order valence-corrected chi connectivity index (χ2v) is 5.60. The zero-order valence-corrected chi connectivity index (χ0v) is 11.0. The summed E-state index contributed by atoms with van der Waals surface area (Å²) in [5, 5.41) is 2.40. The summed E-state index contributed by atoms with van der Waals surface area (Å²) in [6.07, 6.45) is 6.49. The van der Waals surface area contributed by atoms with Gasteiger partial charge in [0.2, 0.25) is 0 Å². The number of benzene rings is 2. The van der Waals surface area contributed by atoms with Gasteiger partial charge in [0.1, 0.15) is 0 Å². The second-order valence-electron chi connectivity index (χ2n) is 5.60. The number of ether oxygens (including phenoxy) is 2. The molecule has 2 bridgehead atoms. The molecule has 1 fully saturated rings. The lowest BCUT2D eigenvalue weighted by atomic mass is 10.1. The van der Waals surface area contributed by atoms with E-state index in [4.69, 9.17) is 9.47 Å². The van der Waals surface area contributed by atoms with Crippen molar-refractivity contribution in [3.05, 3.63) is 36.4 Å². The molecule has 2 aromatic rings. The third-order valence-corrected chi connectivity index (χ3v) is 4.28.